The molecule has 0 spiro atoms. The molecule has 4 aromatic rings. The Morgan fingerprint density at radius 3 is 2.12 bits per heavy atom. The lowest BCUT2D eigenvalue weighted by molar-refractivity contribution is 0.0996. The lowest BCUT2D eigenvalue weighted by atomic mass is 10.1. The summed E-state index contributed by atoms with van der Waals surface area (Å²) in [5.74, 6) is -0.860. The second kappa shape index (κ2) is 10.1. The molecule has 0 saturated heterocycles. The first-order valence-corrected chi connectivity index (χ1v) is 10.4. The fraction of sp³-hybridized carbons (Fsp3) is 0.0385. The summed E-state index contributed by atoms with van der Waals surface area (Å²) in [6.45, 7) is 0.564. The summed E-state index contributed by atoms with van der Waals surface area (Å²) in [4.78, 5) is 28.6. The van der Waals surface area contributed by atoms with Crippen molar-refractivity contribution in [2.75, 3.05) is 16.0 Å². The zero-order chi connectivity index (χ0) is 23.0. The van der Waals surface area contributed by atoms with Gasteiger partial charge in [0.25, 0.3) is 5.91 Å². The molecule has 0 fully saturated rings. The molecule has 0 atom stereocenters. The topological polar surface area (TPSA) is 109 Å². The molecule has 0 unspecified atom stereocenters. The van der Waals surface area contributed by atoms with Crippen LogP contribution in [0, 0.1) is 0 Å². The first-order valence-electron chi connectivity index (χ1n) is 10.4. The first kappa shape index (κ1) is 21.6. The maximum Gasteiger partial charge on any atom is 0.255 e. The van der Waals surface area contributed by atoms with Crippen LogP contribution in [0.25, 0.3) is 0 Å². The van der Waals surface area contributed by atoms with E-state index in [4.69, 9.17) is 5.73 Å². The van der Waals surface area contributed by atoms with Crippen molar-refractivity contribution in [3.8, 4) is 0 Å². The molecule has 7 heteroatoms. The highest BCUT2D eigenvalue weighted by atomic mass is 16.2. The quantitative estimate of drug-likeness (QED) is 0.317. The Labute approximate surface area is 191 Å². The van der Waals surface area contributed by atoms with Crippen LogP contribution in [0.5, 0.6) is 0 Å². The molecule has 164 valence electrons. The predicted octanol–water partition coefficient (Wildman–Crippen LogP) is 4.79. The highest BCUT2D eigenvalue weighted by Crippen LogP contribution is 2.25. The number of hydrogen-bond donors (Lipinski definition) is 4. The Hall–Kier alpha value is -4.65. The second-order valence-electron chi connectivity index (χ2n) is 7.36. The van der Waals surface area contributed by atoms with Crippen molar-refractivity contribution in [2.45, 2.75) is 6.54 Å². The van der Waals surface area contributed by atoms with E-state index < -0.39 is 5.91 Å². The van der Waals surface area contributed by atoms with Crippen LogP contribution in [-0.4, -0.2) is 16.8 Å². The molecule has 0 aliphatic heterocycles. The number of aromatic nitrogens is 1. The summed E-state index contributed by atoms with van der Waals surface area (Å²) in [6, 6.07) is 25.6. The Kier molecular flexibility index (Phi) is 6.61. The van der Waals surface area contributed by atoms with Gasteiger partial charge in [-0.1, -0.05) is 30.3 Å². The minimum absolute atomic E-state index is 0.296. The number of benzene rings is 3. The van der Waals surface area contributed by atoms with Gasteiger partial charge in [0.1, 0.15) is 0 Å². The molecule has 0 aliphatic carbocycles. The average Bonchev–Trinajstić information content (AvgIpc) is 2.85. The lowest BCUT2D eigenvalue weighted by Crippen LogP contribution is -2.16. The molecule has 1 aromatic heterocycles. The van der Waals surface area contributed by atoms with Crippen LogP contribution in [0.3, 0.4) is 0 Å². The molecule has 1 heterocycles. The molecular formula is C26H23N5O2. The van der Waals surface area contributed by atoms with Crippen molar-refractivity contribution in [3.05, 3.63) is 114 Å². The molecular weight excluding hydrogens is 414 g/mol. The zero-order valence-corrected chi connectivity index (χ0v) is 17.8. The highest BCUT2D eigenvalue weighted by molar-refractivity contribution is 6.07. The number of rotatable bonds is 8. The predicted molar refractivity (Wildman–Crippen MR) is 131 cm³/mol. The molecule has 0 saturated carbocycles. The van der Waals surface area contributed by atoms with Gasteiger partial charge in [0.05, 0.1) is 11.4 Å². The van der Waals surface area contributed by atoms with Crippen LogP contribution in [0.15, 0.2) is 97.3 Å². The SMILES string of the molecule is NC(=O)c1ccc(NCc2ccccc2)c(NC(=O)c2ccc(Nc3ccncc3)cc2)c1. The van der Waals surface area contributed by atoms with E-state index in [1.807, 2.05) is 54.6 Å². The summed E-state index contributed by atoms with van der Waals surface area (Å²) in [6.07, 6.45) is 3.40. The third-order valence-electron chi connectivity index (χ3n) is 4.99. The minimum Gasteiger partial charge on any atom is -0.379 e. The molecule has 5 N–H and O–H groups in total. The van der Waals surface area contributed by atoms with E-state index in [0.717, 1.165) is 16.9 Å². The van der Waals surface area contributed by atoms with Crippen molar-refractivity contribution >= 4 is 34.6 Å². The third kappa shape index (κ3) is 5.74. The van der Waals surface area contributed by atoms with Gasteiger partial charge in [0, 0.05) is 41.4 Å². The van der Waals surface area contributed by atoms with Crippen molar-refractivity contribution in [1.29, 1.82) is 0 Å². The number of carbonyl (C=O) groups excluding carboxylic acids is 2. The molecule has 0 bridgehead atoms. The maximum absolute atomic E-state index is 12.9. The smallest absolute Gasteiger partial charge is 0.255 e. The fourth-order valence-electron chi connectivity index (χ4n) is 3.25. The van der Waals surface area contributed by atoms with Crippen LogP contribution in [0.4, 0.5) is 22.7 Å². The third-order valence-corrected chi connectivity index (χ3v) is 4.99. The van der Waals surface area contributed by atoms with Gasteiger partial charge in [0.2, 0.25) is 5.91 Å². The first-order chi connectivity index (χ1) is 16.1. The number of amides is 2. The number of anilines is 4. The van der Waals surface area contributed by atoms with Crippen molar-refractivity contribution in [3.63, 3.8) is 0 Å². The molecule has 2 amide bonds. The number of nitrogens with two attached hydrogens (primary N) is 1. The molecule has 33 heavy (non-hydrogen) atoms. The van der Waals surface area contributed by atoms with E-state index >= 15 is 0 Å². The van der Waals surface area contributed by atoms with Gasteiger partial charge in [-0.15, -0.1) is 0 Å². The van der Waals surface area contributed by atoms with E-state index in [-0.39, 0.29) is 5.91 Å². The van der Waals surface area contributed by atoms with Gasteiger partial charge >= 0.3 is 0 Å². The molecule has 7 nitrogen and oxygen atoms in total. The van der Waals surface area contributed by atoms with Gasteiger partial charge in [-0.2, -0.15) is 0 Å². The number of primary amides is 1. The van der Waals surface area contributed by atoms with E-state index in [0.29, 0.717) is 29.0 Å². The van der Waals surface area contributed by atoms with Gasteiger partial charge < -0.3 is 21.7 Å². The number of nitrogens with one attached hydrogen (secondary N) is 3. The Bertz CT molecular complexity index is 1240. The van der Waals surface area contributed by atoms with Gasteiger partial charge in [-0.25, -0.2) is 0 Å². The van der Waals surface area contributed by atoms with Crippen LogP contribution < -0.4 is 21.7 Å². The Morgan fingerprint density at radius 2 is 1.42 bits per heavy atom. The van der Waals surface area contributed by atoms with Gasteiger partial charge in [-0.3, -0.25) is 14.6 Å². The monoisotopic (exact) mass is 437 g/mol. The number of nitrogens with zero attached hydrogens (tertiary/aromatic N) is 1. The lowest BCUT2D eigenvalue weighted by Gasteiger charge is -2.15. The summed E-state index contributed by atoms with van der Waals surface area (Å²) in [7, 11) is 0. The molecule has 4 rings (SSSR count). The van der Waals surface area contributed by atoms with Gasteiger partial charge in [0.15, 0.2) is 0 Å². The van der Waals surface area contributed by atoms with Crippen LogP contribution in [-0.2, 0) is 6.54 Å². The number of pyridine rings is 1. The highest BCUT2D eigenvalue weighted by Gasteiger charge is 2.12. The van der Waals surface area contributed by atoms with E-state index in [1.54, 1.807) is 42.7 Å². The fourth-order valence-corrected chi connectivity index (χ4v) is 3.25. The summed E-state index contributed by atoms with van der Waals surface area (Å²) >= 11 is 0. The van der Waals surface area contributed by atoms with E-state index in [1.165, 1.54) is 0 Å². The van der Waals surface area contributed by atoms with Crippen molar-refractivity contribution in [1.82, 2.24) is 4.98 Å². The van der Waals surface area contributed by atoms with Crippen molar-refractivity contribution in [2.24, 2.45) is 5.73 Å². The number of hydrogen-bond acceptors (Lipinski definition) is 5. The maximum atomic E-state index is 12.9. The van der Waals surface area contributed by atoms with Crippen molar-refractivity contribution < 1.29 is 9.59 Å². The van der Waals surface area contributed by atoms with E-state index in [9.17, 15) is 9.59 Å². The summed E-state index contributed by atoms with van der Waals surface area (Å²) in [5, 5.41) is 9.44. The Balaban J connectivity index is 1.49. The molecule has 0 radical (unpaired) electrons. The standard InChI is InChI=1S/C26H23N5O2/c27-25(32)20-8-11-23(29-17-18-4-2-1-3-5-18)24(16-20)31-26(33)19-6-9-21(10-7-19)30-22-12-14-28-15-13-22/h1-16,29H,17H2,(H2,27,32)(H,28,30)(H,31,33). The van der Waals surface area contributed by atoms with E-state index in [2.05, 4.69) is 20.9 Å². The average molecular weight is 438 g/mol. The zero-order valence-electron chi connectivity index (χ0n) is 17.8. The molecule has 3 aromatic carbocycles. The minimum atomic E-state index is -0.563. The van der Waals surface area contributed by atoms with Gasteiger partial charge in [-0.05, 0) is 60.2 Å². The summed E-state index contributed by atoms with van der Waals surface area (Å²) < 4.78 is 0. The van der Waals surface area contributed by atoms with Crippen LogP contribution >= 0.6 is 0 Å². The Morgan fingerprint density at radius 1 is 0.758 bits per heavy atom. The largest absolute Gasteiger partial charge is 0.379 e. The summed E-state index contributed by atoms with van der Waals surface area (Å²) in [5.41, 5.74) is 10.2. The van der Waals surface area contributed by atoms with Crippen LogP contribution in [0.2, 0.25) is 0 Å². The number of carbonyl (C=O) groups is 2. The normalized spacial score (nSPS) is 10.3. The molecule has 0 aliphatic rings. The second-order valence-corrected chi connectivity index (χ2v) is 7.36. The van der Waals surface area contributed by atoms with Crippen LogP contribution in [0.1, 0.15) is 26.3 Å².